The number of guanidine groups is 1. The van der Waals surface area contributed by atoms with Crippen molar-refractivity contribution in [3.05, 3.63) is 71.8 Å². The first-order valence-electron chi connectivity index (χ1n) is 10.1. The maximum absolute atomic E-state index is 12.3. The first-order valence-corrected chi connectivity index (χ1v) is 10.1. The van der Waals surface area contributed by atoms with E-state index in [4.69, 9.17) is 5.73 Å². The van der Waals surface area contributed by atoms with Crippen molar-refractivity contribution in [1.82, 2.24) is 21.5 Å². The smallest absolute Gasteiger partial charge is 0.334 e. The van der Waals surface area contributed by atoms with Gasteiger partial charge in [0.15, 0.2) is 0 Å². The average Bonchev–Trinajstić information content (AvgIpc) is 3.62. The molecule has 162 valence electrons. The minimum atomic E-state index is -0.894. The van der Waals surface area contributed by atoms with Crippen molar-refractivity contribution >= 4 is 23.8 Å². The van der Waals surface area contributed by atoms with Crippen molar-refractivity contribution in [2.45, 2.75) is 31.8 Å². The largest absolute Gasteiger partial charge is 0.368 e. The molecule has 0 unspecified atom stereocenters. The number of benzene rings is 2. The van der Waals surface area contributed by atoms with E-state index < -0.39 is 18.0 Å². The lowest BCUT2D eigenvalue weighted by Gasteiger charge is -2.17. The van der Waals surface area contributed by atoms with E-state index in [2.05, 4.69) is 26.5 Å². The molecule has 6 N–H and O–H groups in total. The second kappa shape index (κ2) is 10.8. The topological polar surface area (TPSA) is 138 Å². The van der Waals surface area contributed by atoms with Crippen LogP contribution in [-0.4, -0.2) is 29.8 Å². The number of amides is 4. The highest BCUT2D eigenvalue weighted by molar-refractivity contribution is 5.99. The Bertz CT molecular complexity index is 929. The fourth-order valence-electron chi connectivity index (χ4n) is 2.81. The number of rotatable bonds is 7. The van der Waals surface area contributed by atoms with Crippen molar-refractivity contribution in [3.8, 4) is 0 Å². The first kappa shape index (κ1) is 21.8. The summed E-state index contributed by atoms with van der Waals surface area (Å²) in [6.45, 7) is 0.315. The molecule has 0 aliphatic heterocycles. The number of hydrogen-bond donors (Lipinski definition) is 5. The van der Waals surface area contributed by atoms with Crippen LogP contribution in [0.25, 0.3) is 0 Å². The van der Waals surface area contributed by atoms with Gasteiger partial charge >= 0.3 is 6.03 Å². The Morgan fingerprint density at radius 2 is 1.55 bits per heavy atom. The average molecular weight is 422 g/mol. The summed E-state index contributed by atoms with van der Waals surface area (Å²) in [4.78, 5) is 40.5. The van der Waals surface area contributed by atoms with Gasteiger partial charge < -0.3 is 11.1 Å². The van der Waals surface area contributed by atoms with Crippen LogP contribution in [0.1, 0.15) is 24.0 Å². The van der Waals surface area contributed by atoms with Crippen molar-refractivity contribution in [3.63, 3.8) is 0 Å². The van der Waals surface area contributed by atoms with Gasteiger partial charge in [-0.25, -0.2) is 15.2 Å². The van der Waals surface area contributed by atoms with E-state index in [0.717, 1.165) is 24.0 Å². The van der Waals surface area contributed by atoms with Crippen LogP contribution in [-0.2, 0) is 22.6 Å². The number of nitrogens with zero attached hydrogens (tertiary/aromatic N) is 1. The Balaban J connectivity index is 1.57. The maximum Gasteiger partial charge on any atom is 0.334 e. The Morgan fingerprint density at radius 1 is 0.935 bits per heavy atom. The molecule has 9 nitrogen and oxygen atoms in total. The van der Waals surface area contributed by atoms with Crippen LogP contribution in [0.15, 0.2) is 65.7 Å². The Labute approximate surface area is 180 Å². The number of hydrazine groups is 1. The van der Waals surface area contributed by atoms with Crippen molar-refractivity contribution in [1.29, 1.82) is 0 Å². The standard InChI is InChI=1S/C22H26N6O3/c23-19(29)18(13-15-7-3-1-4-8-15)25-22(31)28-27-21(26-20(30)17-11-12-17)24-14-16-9-5-2-6-10-16/h1-10,17-18H,11-14H2,(H2,23,29)(H2,25,28,31)(H2,24,26,27,30)/t18-/m0/s1. The van der Waals surface area contributed by atoms with E-state index >= 15 is 0 Å². The van der Waals surface area contributed by atoms with Crippen molar-refractivity contribution in [2.24, 2.45) is 16.6 Å². The lowest BCUT2D eigenvalue weighted by atomic mass is 10.1. The molecule has 9 heteroatoms. The molecular formula is C22H26N6O3. The molecule has 31 heavy (non-hydrogen) atoms. The summed E-state index contributed by atoms with van der Waals surface area (Å²) in [5.74, 6) is -0.711. The number of urea groups is 1. The van der Waals surface area contributed by atoms with Crippen LogP contribution < -0.4 is 27.2 Å². The molecular weight excluding hydrogens is 396 g/mol. The molecule has 2 aromatic carbocycles. The highest BCUT2D eigenvalue weighted by atomic mass is 16.2. The van der Waals surface area contributed by atoms with Gasteiger partial charge in [0.1, 0.15) is 6.04 Å². The van der Waals surface area contributed by atoms with E-state index in [1.165, 1.54) is 0 Å². The van der Waals surface area contributed by atoms with E-state index in [1.54, 1.807) is 0 Å². The maximum atomic E-state index is 12.3. The molecule has 0 saturated heterocycles. The fraction of sp³-hybridized carbons (Fsp3) is 0.273. The minimum absolute atomic E-state index is 0.0253. The monoisotopic (exact) mass is 422 g/mol. The number of carbonyl (C=O) groups is 3. The number of nitrogens with one attached hydrogen (secondary N) is 4. The zero-order valence-corrected chi connectivity index (χ0v) is 17.0. The van der Waals surface area contributed by atoms with Crippen LogP contribution in [0, 0.1) is 5.92 Å². The molecule has 0 radical (unpaired) electrons. The summed E-state index contributed by atoms with van der Waals surface area (Å²) in [6, 6.07) is 17.2. The number of primary amides is 1. The summed E-state index contributed by atoms with van der Waals surface area (Å²) >= 11 is 0. The summed E-state index contributed by atoms with van der Waals surface area (Å²) in [7, 11) is 0. The number of hydrogen-bond acceptors (Lipinski definition) is 4. The van der Waals surface area contributed by atoms with Crippen LogP contribution in [0.5, 0.6) is 0 Å². The molecule has 1 saturated carbocycles. The first-order chi connectivity index (χ1) is 15.0. The van der Waals surface area contributed by atoms with Gasteiger partial charge in [0.05, 0.1) is 6.54 Å². The Kier molecular flexibility index (Phi) is 7.58. The number of aliphatic imine (C=N–C) groups is 1. The summed E-state index contributed by atoms with van der Waals surface area (Å²) in [5, 5.41) is 5.21. The third-order valence-electron chi connectivity index (χ3n) is 4.68. The molecule has 0 heterocycles. The molecule has 1 fully saturated rings. The third-order valence-corrected chi connectivity index (χ3v) is 4.68. The lowest BCUT2D eigenvalue weighted by Crippen LogP contribution is -2.56. The van der Waals surface area contributed by atoms with Gasteiger partial charge in [-0.2, -0.15) is 0 Å². The molecule has 1 aliphatic rings. The van der Waals surface area contributed by atoms with Gasteiger partial charge in [0.2, 0.25) is 17.8 Å². The predicted octanol–water partition coefficient (Wildman–Crippen LogP) is 0.969. The predicted molar refractivity (Wildman–Crippen MR) is 116 cm³/mol. The van der Waals surface area contributed by atoms with Gasteiger partial charge in [0.25, 0.3) is 0 Å². The highest BCUT2D eigenvalue weighted by Crippen LogP contribution is 2.28. The van der Waals surface area contributed by atoms with Crippen molar-refractivity contribution < 1.29 is 14.4 Å². The number of nitrogens with two attached hydrogens (primary N) is 1. The normalized spacial score (nSPS) is 14.3. The minimum Gasteiger partial charge on any atom is -0.368 e. The summed E-state index contributed by atoms with van der Waals surface area (Å²) in [5.41, 5.74) is 12.3. The van der Waals surface area contributed by atoms with Crippen LogP contribution in [0.4, 0.5) is 4.79 Å². The zero-order chi connectivity index (χ0) is 22.1. The van der Waals surface area contributed by atoms with Crippen LogP contribution in [0.3, 0.4) is 0 Å². The molecule has 0 spiro atoms. The van der Waals surface area contributed by atoms with Crippen LogP contribution >= 0.6 is 0 Å². The second-order valence-corrected chi connectivity index (χ2v) is 7.28. The Morgan fingerprint density at radius 3 is 2.13 bits per heavy atom. The van der Waals surface area contributed by atoms with Gasteiger partial charge in [-0.05, 0) is 24.0 Å². The molecule has 4 amide bonds. The molecule has 0 bridgehead atoms. The van der Waals surface area contributed by atoms with E-state index in [9.17, 15) is 14.4 Å². The van der Waals surface area contributed by atoms with Gasteiger partial charge in [-0.3, -0.25) is 20.3 Å². The van der Waals surface area contributed by atoms with Gasteiger partial charge in [-0.1, -0.05) is 60.7 Å². The van der Waals surface area contributed by atoms with E-state index in [-0.39, 0.29) is 24.2 Å². The molecule has 0 aromatic heterocycles. The van der Waals surface area contributed by atoms with Gasteiger partial charge in [-0.15, -0.1) is 0 Å². The second-order valence-electron chi connectivity index (χ2n) is 7.28. The quantitative estimate of drug-likeness (QED) is 0.258. The highest BCUT2D eigenvalue weighted by Gasteiger charge is 2.30. The van der Waals surface area contributed by atoms with Gasteiger partial charge in [0, 0.05) is 12.3 Å². The van der Waals surface area contributed by atoms with E-state index in [1.807, 2.05) is 60.7 Å². The molecule has 3 rings (SSSR count). The van der Waals surface area contributed by atoms with E-state index in [0.29, 0.717) is 6.54 Å². The summed E-state index contributed by atoms with van der Waals surface area (Å²) in [6.07, 6.45) is 1.94. The third kappa shape index (κ3) is 7.46. The summed E-state index contributed by atoms with van der Waals surface area (Å²) < 4.78 is 0. The molecule has 2 aromatic rings. The zero-order valence-electron chi connectivity index (χ0n) is 17.0. The SMILES string of the molecule is NC(=O)[C@H](Cc1ccccc1)NC(=O)NNC(=NCc1ccccc1)NC(=O)C1CC1. The molecule has 1 aliphatic carbocycles. The lowest BCUT2D eigenvalue weighted by molar-refractivity contribution is -0.121. The van der Waals surface area contributed by atoms with Crippen LogP contribution in [0.2, 0.25) is 0 Å². The fourth-order valence-corrected chi connectivity index (χ4v) is 2.81. The number of carbonyl (C=O) groups excluding carboxylic acids is 3. The Hall–Kier alpha value is -3.88. The molecule has 1 atom stereocenters. The van der Waals surface area contributed by atoms with Crippen molar-refractivity contribution in [2.75, 3.05) is 0 Å².